The Morgan fingerprint density at radius 3 is 2.58 bits per heavy atom. The van der Waals surface area contributed by atoms with Crippen LogP contribution in [-0.4, -0.2) is 23.0 Å². The summed E-state index contributed by atoms with van der Waals surface area (Å²) in [6.07, 6.45) is 2.01. The fourth-order valence-corrected chi connectivity index (χ4v) is 0.685. The van der Waals surface area contributed by atoms with Gasteiger partial charge in [-0.3, -0.25) is 4.79 Å². The van der Waals surface area contributed by atoms with Gasteiger partial charge in [0.05, 0.1) is 0 Å². The largest absolute Gasteiger partial charge is 0.480 e. The lowest BCUT2D eigenvalue weighted by Crippen LogP contribution is -2.39. The van der Waals surface area contributed by atoms with Crippen molar-refractivity contribution < 1.29 is 14.7 Å². The first-order valence-electron chi connectivity index (χ1n) is 3.74. The number of nitrogens with one attached hydrogen (secondary N) is 1. The number of carboxylic acid groups (broad SMARTS) is 1. The number of aliphatic carboxylic acids is 1. The van der Waals surface area contributed by atoms with E-state index in [1.807, 2.05) is 0 Å². The molecular weight excluding hydrogens is 158 g/mol. The second-order valence-electron chi connectivity index (χ2n) is 2.34. The summed E-state index contributed by atoms with van der Waals surface area (Å²) in [6.45, 7) is 5.07. The van der Waals surface area contributed by atoms with Crippen LogP contribution in [0.15, 0.2) is 12.7 Å². The fraction of sp³-hybridized carbons (Fsp3) is 0.500. The van der Waals surface area contributed by atoms with Crippen molar-refractivity contribution >= 4 is 11.9 Å². The Morgan fingerprint density at radius 2 is 2.25 bits per heavy atom. The number of hydrogen-bond donors (Lipinski definition) is 2. The van der Waals surface area contributed by atoms with Gasteiger partial charge < -0.3 is 10.4 Å². The molecule has 0 saturated heterocycles. The van der Waals surface area contributed by atoms with E-state index in [1.54, 1.807) is 6.92 Å². The number of carbonyl (C=O) groups excluding carboxylic acids is 1. The molecule has 1 atom stereocenters. The van der Waals surface area contributed by atoms with E-state index < -0.39 is 12.0 Å². The van der Waals surface area contributed by atoms with Gasteiger partial charge in [-0.05, 0) is 6.42 Å². The van der Waals surface area contributed by atoms with Crippen molar-refractivity contribution in [1.29, 1.82) is 0 Å². The van der Waals surface area contributed by atoms with Crippen LogP contribution in [0.2, 0.25) is 0 Å². The van der Waals surface area contributed by atoms with Crippen LogP contribution in [0.4, 0.5) is 0 Å². The molecule has 0 rings (SSSR count). The minimum absolute atomic E-state index is 0.251. The van der Waals surface area contributed by atoms with Gasteiger partial charge in [0.25, 0.3) is 0 Å². The number of rotatable bonds is 5. The molecule has 0 aromatic carbocycles. The predicted molar refractivity (Wildman–Crippen MR) is 44.7 cm³/mol. The molecular formula is C8H13NO3. The average molecular weight is 171 g/mol. The molecule has 0 saturated carbocycles. The first kappa shape index (κ1) is 10.7. The van der Waals surface area contributed by atoms with Crippen molar-refractivity contribution in [2.75, 3.05) is 0 Å². The standard InChI is InChI=1S/C8H13NO3/c1-3-5-6(8(11)12)9-7(10)4-2/h3,6H,1,4-5H2,2H3,(H,9,10)(H,11,12). The minimum atomic E-state index is -1.03. The third-order valence-electron chi connectivity index (χ3n) is 1.36. The molecule has 12 heavy (non-hydrogen) atoms. The van der Waals surface area contributed by atoms with Crippen LogP contribution in [0.5, 0.6) is 0 Å². The highest BCUT2D eigenvalue weighted by Gasteiger charge is 2.16. The highest BCUT2D eigenvalue weighted by molar-refractivity contribution is 5.83. The number of carboxylic acids is 1. The Hall–Kier alpha value is -1.32. The van der Waals surface area contributed by atoms with E-state index in [4.69, 9.17) is 5.11 Å². The molecule has 0 fully saturated rings. The van der Waals surface area contributed by atoms with Crippen LogP contribution in [0.3, 0.4) is 0 Å². The molecule has 1 unspecified atom stereocenters. The molecule has 0 spiro atoms. The summed E-state index contributed by atoms with van der Waals surface area (Å²) >= 11 is 0. The molecule has 2 N–H and O–H groups in total. The third-order valence-corrected chi connectivity index (χ3v) is 1.36. The van der Waals surface area contributed by atoms with Gasteiger partial charge in [0.15, 0.2) is 0 Å². The van der Waals surface area contributed by atoms with E-state index in [0.29, 0.717) is 6.42 Å². The molecule has 0 aliphatic rings. The number of carbonyl (C=O) groups is 2. The van der Waals surface area contributed by atoms with Crippen LogP contribution in [0.25, 0.3) is 0 Å². The van der Waals surface area contributed by atoms with E-state index in [2.05, 4.69) is 11.9 Å². The van der Waals surface area contributed by atoms with Crippen molar-refractivity contribution in [3.05, 3.63) is 12.7 Å². The van der Waals surface area contributed by atoms with Crippen LogP contribution in [0, 0.1) is 0 Å². The highest BCUT2D eigenvalue weighted by atomic mass is 16.4. The van der Waals surface area contributed by atoms with E-state index in [-0.39, 0.29) is 12.3 Å². The predicted octanol–water partition coefficient (Wildman–Crippen LogP) is 0.542. The quantitative estimate of drug-likeness (QED) is 0.593. The topological polar surface area (TPSA) is 66.4 Å². The average Bonchev–Trinajstić information content (AvgIpc) is 2.03. The SMILES string of the molecule is C=CCC(NC(=O)CC)C(=O)O. The van der Waals surface area contributed by atoms with Crippen molar-refractivity contribution in [3.63, 3.8) is 0 Å². The van der Waals surface area contributed by atoms with Gasteiger partial charge >= 0.3 is 5.97 Å². The summed E-state index contributed by atoms with van der Waals surface area (Å²) in [5.74, 6) is -1.29. The molecule has 68 valence electrons. The molecule has 0 radical (unpaired) electrons. The van der Waals surface area contributed by atoms with E-state index in [9.17, 15) is 9.59 Å². The van der Waals surface area contributed by atoms with Gasteiger partial charge in [-0.25, -0.2) is 4.79 Å². The fourth-order valence-electron chi connectivity index (χ4n) is 0.685. The second-order valence-corrected chi connectivity index (χ2v) is 2.34. The molecule has 0 aliphatic carbocycles. The number of amides is 1. The van der Waals surface area contributed by atoms with Crippen molar-refractivity contribution in [1.82, 2.24) is 5.32 Å². The molecule has 0 aromatic heterocycles. The van der Waals surface area contributed by atoms with Crippen LogP contribution in [-0.2, 0) is 9.59 Å². The normalized spacial score (nSPS) is 11.8. The molecule has 1 amide bonds. The summed E-state index contributed by atoms with van der Waals surface area (Å²) in [7, 11) is 0. The van der Waals surface area contributed by atoms with Gasteiger partial charge in [0.2, 0.25) is 5.91 Å². The van der Waals surface area contributed by atoms with Crippen molar-refractivity contribution in [3.8, 4) is 0 Å². The molecule has 0 heterocycles. The lowest BCUT2D eigenvalue weighted by atomic mass is 10.2. The maximum absolute atomic E-state index is 10.8. The van der Waals surface area contributed by atoms with Crippen molar-refractivity contribution in [2.45, 2.75) is 25.8 Å². The minimum Gasteiger partial charge on any atom is -0.480 e. The zero-order chi connectivity index (χ0) is 9.56. The van der Waals surface area contributed by atoms with E-state index in [1.165, 1.54) is 6.08 Å². The van der Waals surface area contributed by atoms with Crippen LogP contribution >= 0.6 is 0 Å². The highest BCUT2D eigenvalue weighted by Crippen LogP contribution is 1.93. The zero-order valence-electron chi connectivity index (χ0n) is 7.04. The molecule has 0 aliphatic heterocycles. The maximum atomic E-state index is 10.8. The first-order chi connectivity index (χ1) is 5.61. The molecule has 4 heteroatoms. The Labute approximate surface area is 71.3 Å². The van der Waals surface area contributed by atoms with Gasteiger partial charge in [-0.2, -0.15) is 0 Å². The summed E-state index contributed by atoms with van der Waals surface area (Å²) in [5, 5.41) is 10.9. The Bertz CT molecular complexity index is 189. The lowest BCUT2D eigenvalue weighted by molar-refractivity contribution is -0.141. The maximum Gasteiger partial charge on any atom is 0.326 e. The van der Waals surface area contributed by atoms with Gasteiger partial charge in [0, 0.05) is 6.42 Å². The van der Waals surface area contributed by atoms with Gasteiger partial charge in [-0.1, -0.05) is 13.0 Å². The summed E-state index contributed by atoms with van der Waals surface area (Å²) in [4.78, 5) is 21.3. The second kappa shape index (κ2) is 5.35. The molecule has 4 nitrogen and oxygen atoms in total. The Kier molecular flexibility index (Phi) is 4.76. The van der Waals surface area contributed by atoms with E-state index >= 15 is 0 Å². The van der Waals surface area contributed by atoms with Gasteiger partial charge in [-0.15, -0.1) is 6.58 Å². The summed E-state index contributed by atoms with van der Waals surface area (Å²) < 4.78 is 0. The number of hydrogen-bond acceptors (Lipinski definition) is 2. The first-order valence-corrected chi connectivity index (χ1v) is 3.74. The molecule has 0 aromatic rings. The van der Waals surface area contributed by atoms with Crippen molar-refractivity contribution in [2.24, 2.45) is 0 Å². The Balaban J connectivity index is 4.03. The van der Waals surface area contributed by atoms with Crippen LogP contribution < -0.4 is 5.32 Å². The van der Waals surface area contributed by atoms with Gasteiger partial charge in [0.1, 0.15) is 6.04 Å². The van der Waals surface area contributed by atoms with Crippen LogP contribution in [0.1, 0.15) is 19.8 Å². The summed E-state index contributed by atoms with van der Waals surface area (Å²) in [6, 6.07) is -0.838. The molecule has 0 bridgehead atoms. The monoisotopic (exact) mass is 171 g/mol. The Morgan fingerprint density at radius 1 is 1.67 bits per heavy atom. The summed E-state index contributed by atoms with van der Waals surface area (Å²) in [5.41, 5.74) is 0. The third kappa shape index (κ3) is 3.75. The van der Waals surface area contributed by atoms with E-state index in [0.717, 1.165) is 0 Å². The smallest absolute Gasteiger partial charge is 0.326 e. The lowest BCUT2D eigenvalue weighted by Gasteiger charge is -2.10. The zero-order valence-corrected chi connectivity index (χ0v) is 7.04.